The average molecular weight is 305 g/mol. The van der Waals surface area contributed by atoms with Gasteiger partial charge in [-0.05, 0) is 50.2 Å². The highest BCUT2D eigenvalue weighted by Crippen LogP contribution is 2.33. The van der Waals surface area contributed by atoms with Crippen LogP contribution in [0.1, 0.15) is 56.3 Å². The van der Waals surface area contributed by atoms with Gasteiger partial charge in [0.15, 0.2) is 0 Å². The van der Waals surface area contributed by atoms with Crippen molar-refractivity contribution in [2.24, 2.45) is 11.8 Å². The van der Waals surface area contributed by atoms with Gasteiger partial charge >= 0.3 is 0 Å². The fraction of sp³-hybridized carbons (Fsp3) is 0.611. The molecule has 3 heteroatoms. The number of hydrogen-bond donors (Lipinski definition) is 0. The Hall–Kier alpha value is -1.02. The third-order valence-electron chi connectivity index (χ3n) is 4.93. The van der Waals surface area contributed by atoms with Crippen molar-refractivity contribution in [2.75, 3.05) is 0 Å². The maximum atomic E-state index is 6.39. The second kappa shape index (κ2) is 6.00. The zero-order valence-corrected chi connectivity index (χ0v) is 14.0. The molecule has 3 rings (SSSR count). The zero-order valence-electron chi connectivity index (χ0n) is 13.3. The molecular formula is C18H25ClN2. The molecule has 2 nitrogen and oxygen atoms in total. The maximum Gasteiger partial charge on any atom is 0.127 e. The Balaban J connectivity index is 1.97. The van der Waals surface area contributed by atoms with E-state index in [4.69, 9.17) is 16.6 Å². The van der Waals surface area contributed by atoms with Gasteiger partial charge in [-0.1, -0.05) is 31.9 Å². The summed E-state index contributed by atoms with van der Waals surface area (Å²) in [4.78, 5) is 4.78. The smallest absolute Gasteiger partial charge is 0.127 e. The molecule has 0 bridgehead atoms. The Morgan fingerprint density at radius 3 is 2.67 bits per heavy atom. The molecular weight excluding hydrogens is 280 g/mol. The normalized spacial score (nSPS) is 24.4. The number of hydrogen-bond acceptors (Lipinski definition) is 1. The number of fused-ring (bicyclic) bond motifs is 1. The molecule has 0 amide bonds. The number of aryl methyl sites for hydroxylation is 1. The van der Waals surface area contributed by atoms with Crippen LogP contribution in [0.3, 0.4) is 0 Å². The SMILES string of the molecule is Cc1cccc2nc(C(C)Cl)n(CC3CCC(C)CC3)c12. The van der Waals surface area contributed by atoms with Gasteiger partial charge in [-0.2, -0.15) is 0 Å². The topological polar surface area (TPSA) is 17.8 Å². The van der Waals surface area contributed by atoms with E-state index in [0.717, 1.165) is 29.7 Å². The summed E-state index contributed by atoms with van der Waals surface area (Å²) in [6.07, 6.45) is 5.40. The number of alkyl halides is 1. The van der Waals surface area contributed by atoms with Crippen molar-refractivity contribution >= 4 is 22.6 Å². The highest BCUT2D eigenvalue weighted by molar-refractivity contribution is 6.20. The number of halogens is 1. The summed E-state index contributed by atoms with van der Waals surface area (Å²) in [7, 11) is 0. The van der Waals surface area contributed by atoms with Crippen molar-refractivity contribution in [1.82, 2.24) is 9.55 Å². The second-order valence-electron chi connectivity index (χ2n) is 6.77. The molecule has 1 aromatic carbocycles. The van der Waals surface area contributed by atoms with Crippen molar-refractivity contribution < 1.29 is 0 Å². The third-order valence-corrected chi connectivity index (χ3v) is 5.13. The zero-order chi connectivity index (χ0) is 15.0. The number of nitrogens with zero attached hydrogens (tertiary/aromatic N) is 2. The minimum Gasteiger partial charge on any atom is -0.326 e. The van der Waals surface area contributed by atoms with E-state index >= 15 is 0 Å². The Morgan fingerprint density at radius 1 is 1.29 bits per heavy atom. The van der Waals surface area contributed by atoms with Gasteiger partial charge in [0, 0.05) is 6.54 Å². The monoisotopic (exact) mass is 304 g/mol. The van der Waals surface area contributed by atoms with E-state index in [1.807, 2.05) is 6.92 Å². The lowest BCUT2D eigenvalue weighted by atomic mass is 9.83. The number of imidazole rings is 1. The van der Waals surface area contributed by atoms with Crippen LogP contribution in [0.2, 0.25) is 0 Å². The third kappa shape index (κ3) is 2.96. The summed E-state index contributed by atoms with van der Waals surface area (Å²) in [6.45, 7) is 7.64. The molecule has 0 N–H and O–H groups in total. The molecule has 0 aliphatic heterocycles. The van der Waals surface area contributed by atoms with E-state index in [0.29, 0.717) is 0 Å². The standard InChI is InChI=1S/C18H25ClN2/c1-12-7-9-15(10-8-12)11-21-17-13(2)5-4-6-16(17)20-18(21)14(3)19/h4-6,12,14-15H,7-11H2,1-3H3. The molecule has 1 atom stereocenters. The van der Waals surface area contributed by atoms with Crippen molar-refractivity contribution in [3.05, 3.63) is 29.6 Å². The Kier molecular flexibility index (Phi) is 4.26. The first-order chi connectivity index (χ1) is 10.1. The summed E-state index contributed by atoms with van der Waals surface area (Å²) in [6, 6.07) is 6.36. The molecule has 1 aliphatic carbocycles. The number of aromatic nitrogens is 2. The lowest BCUT2D eigenvalue weighted by molar-refractivity contribution is 0.265. The molecule has 1 unspecified atom stereocenters. The molecule has 0 saturated heterocycles. The first kappa shape index (κ1) is 14.9. The summed E-state index contributed by atoms with van der Waals surface area (Å²) in [5, 5.41) is -0.0423. The van der Waals surface area contributed by atoms with E-state index in [2.05, 4.69) is 36.6 Å². The minimum atomic E-state index is -0.0423. The van der Waals surface area contributed by atoms with E-state index in [9.17, 15) is 0 Å². The molecule has 2 aromatic rings. The fourth-order valence-corrected chi connectivity index (χ4v) is 3.81. The van der Waals surface area contributed by atoms with Gasteiger partial charge in [0.05, 0.1) is 16.4 Å². The molecule has 1 aromatic heterocycles. The molecule has 0 spiro atoms. The van der Waals surface area contributed by atoms with Crippen LogP contribution in [-0.2, 0) is 6.54 Å². The predicted octanol–water partition coefficient (Wildman–Crippen LogP) is 5.47. The first-order valence-corrected chi connectivity index (χ1v) is 8.59. The van der Waals surface area contributed by atoms with Gasteiger partial charge < -0.3 is 4.57 Å². The Morgan fingerprint density at radius 2 is 2.00 bits per heavy atom. The van der Waals surface area contributed by atoms with Crippen molar-refractivity contribution in [2.45, 2.75) is 58.4 Å². The van der Waals surface area contributed by atoms with Crippen LogP contribution < -0.4 is 0 Å². The van der Waals surface area contributed by atoms with E-state index < -0.39 is 0 Å². The van der Waals surface area contributed by atoms with Crippen molar-refractivity contribution in [1.29, 1.82) is 0 Å². The van der Waals surface area contributed by atoms with E-state index in [1.165, 1.54) is 36.8 Å². The molecule has 114 valence electrons. The molecule has 1 aliphatic rings. The molecule has 1 fully saturated rings. The van der Waals surface area contributed by atoms with Gasteiger partial charge in [-0.25, -0.2) is 4.98 Å². The molecule has 1 saturated carbocycles. The predicted molar refractivity (Wildman–Crippen MR) is 89.9 cm³/mol. The second-order valence-corrected chi connectivity index (χ2v) is 7.42. The average Bonchev–Trinajstić information content (AvgIpc) is 2.82. The highest BCUT2D eigenvalue weighted by atomic mass is 35.5. The van der Waals surface area contributed by atoms with Crippen LogP contribution in [0.4, 0.5) is 0 Å². The molecule has 0 radical (unpaired) electrons. The van der Waals surface area contributed by atoms with Gasteiger partial charge in [-0.3, -0.25) is 0 Å². The van der Waals surface area contributed by atoms with Crippen molar-refractivity contribution in [3.63, 3.8) is 0 Å². The van der Waals surface area contributed by atoms with Crippen LogP contribution in [0.25, 0.3) is 11.0 Å². The largest absolute Gasteiger partial charge is 0.326 e. The lowest BCUT2D eigenvalue weighted by Gasteiger charge is -2.27. The number of benzene rings is 1. The highest BCUT2D eigenvalue weighted by Gasteiger charge is 2.22. The van der Waals surface area contributed by atoms with Gasteiger partial charge in [0.2, 0.25) is 0 Å². The maximum absolute atomic E-state index is 6.39. The Labute approximate surface area is 132 Å². The number of para-hydroxylation sites is 1. The molecule has 1 heterocycles. The lowest BCUT2D eigenvalue weighted by Crippen LogP contribution is -2.19. The van der Waals surface area contributed by atoms with Crippen molar-refractivity contribution in [3.8, 4) is 0 Å². The van der Waals surface area contributed by atoms with Gasteiger partial charge in [0.1, 0.15) is 5.82 Å². The van der Waals surface area contributed by atoms with E-state index in [-0.39, 0.29) is 5.38 Å². The number of rotatable bonds is 3. The van der Waals surface area contributed by atoms with Crippen LogP contribution in [-0.4, -0.2) is 9.55 Å². The Bertz CT molecular complexity index is 621. The van der Waals surface area contributed by atoms with E-state index in [1.54, 1.807) is 0 Å². The van der Waals surface area contributed by atoms with Crippen LogP contribution >= 0.6 is 11.6 Å². The van der Waals surface area contributed by atoms with Gasteiger partial charge in [0.25, 0.3) is 0 Å². The van der Waals surface area contributed by atoms with Gasteiger partial charge in [-0.15, -0.1) is 11.6 Å². The summed E-state index contributed by atoms with van der Waals surface area (Å²) < 4.78 is 2.39. The molecule has 21 heavy (non-hydrogen) atoms. The van der Waals surface area contributed by atoms with Crippen LogP contribution in [0.15, 0.2) is 18.2 Å². The summed E-state index contributed by atoms with van der Waals surface area (Å²) in [5.74, 6) is 2.70. The minimum absolute atomic E-state index is 0.0423. The van der Waals surface area contributed by atoms with Crippen LogP contribution in [0, 0.1) is 18.8 Å². The summed E-state index contributed by atoms with van der Waals surface area (Å²) >= 11 is 6.39. The van der Waals surface area contributed by atoms with Crippen LogP contribution in [0.5, 0.6) is 0 Å². The first-order valence-electron chi connectivity index (χ1n) is 8.16. The quantitative estimate of drug-likeness (QED) is 0.687. The summed E-state index contributed by atoms with van der Waals surface area (Å²) in [5.41, 5.74) is 3.66. The fourth-order valence-electron chi connectivity index (χ4n) is 3.64.